The minimum Gasteiger partial charge on any atom is -0.493 e. The Morgan fingerprint density at radius 1 is 0.750 bits per heavy atom. The van der Waals surface area contributed by atoms with Gasteiger partial charge < -0.3 is 19.5 Å². The summed E-state index contributed by atoms with van der Waals surface area (Å²) in [4.78, 5) is 13.1. The lowest BCUT2D eigenvalue weighted by molar-refractivity contribution is 0.0942. The van der Waals surface area contributed by atoms with E-state index in [4.69, 9.17) is 14.2 Å². The minimum absolute atomic E-state index is 0.239. The standard InChI is InChI=1S/C23H23NO4/c1-26-19-14-18(15-20(27-2)22(19)28-3)23(25)24-21(16-10-6-4-7-11-16)17-12-8-5-9-13-17/h4-15,21H,1-3H3,(H,24,25). The van der Waals surface area contributed by atoms with Crippen molar-refractivity contribution in [3.05, 3.63) is 89.5 Å². The van der Waals surface area contributed by atoms with E-state index in [2.05, 4.69) is 5.32 Å². The van der Waals surface area contributed by atoms with Crippen molar-refractivity contribution in [2.24, 2.45) is 0 Å². The molecular formula is C23H23NO4. The van der Waals surface area contributed by atoms with Crippen molar-refractivity contribution in [1.82, 2.24) is 5.32 Å². The zero-order chi connectivity index (χ0) is 19.9. The molecule has 3 aromatic rings. The molecule has 0 aliphatic heterocycles. The Balaban J connectivity index is 1.97. The summed E-state index contributed by atoms with van der Waals surface area (Å²) in [6.07, 6.45) is 0. The van der Waals surface area contributed by atoms with Crippen molar-refractivity contribution >= 4 is 5.91 Å². The summed E-state index contributed by atoms with van der Waals surface area (Å²) in [7, 11) is 4.58. The van der Waals surface area contributed by atoms with Crippen molar-refractivity contribution in [1.29, 1.82) is 0 Å². The zero-order valence-electron chi connectivity index (χ0n) is 16.1. The molecule has 0 radical (unpaired) electrons. The Kier molecular flexibility index (Phi) is 6.17. The van der Waals surface area contributed by atoms with Gasteiger partial charge in [-0.1, -0.05) is 60.7 Å². The van der Waals surface area contributed by atoms with Gasteiger partial charge in [0.15, 0.2) is 11.5 Å². The summed E-state index contributed by atoms with van der Waals surface area (Å²) in [5.41, 5.74) is 2.41. The molecule has 0 atom stereocenters. The van der Waals surface area contributed by atoms with Gasteiger partial charge >= 0.3 is 0 Å². The average Bonchev–Trinajstić information content (AvgIpc) is 2.77. The van der Waals surface area contributed by atoms with E-state index in [1.807, 2.05) is 60.7 Å². The van der Waals surface area contributed by atoms with Crippen molar-refractivity contribution < 1.29 is 19.0 Å². The summed E-state index contributed by atoms with van der Waals surface area (Å²) in [6.45, 7) is 0. The quantitative estimate of drug-likeness (QED) is 0.669. The van der Waals surface area contributed by atoms with Crippen molar-refractivity contribution in [3.63, 3.8) is 0 Å². The number of amides is 1. The Labute approximate surface area is 164 Å². The van der Waals surface area contributed by atoms with Crippen LogP contribution in [0.15, 0.2) is 72.8 Å². The number of carbonyl (C=O) groups excluding carboxylic acids is 1. The lowest BCUT2D eigenvalue weighted by Gasteiger charge is -2.21. The van der Waals surface area contributed by atoms with E-state index >= 15 is 0 Å². The molecule has 5 heteroatoms. The summed E-state index contributed by atoms with van der Waals surface area (Å²) in [6, 6.07) is 22.7. The number of hydrogen-bond acceptors (Lipinski definition) is 4. The fourth-order valence-corrected chi connectivity index (χ4v) is 3.08. The maximum Gasteiger partial charge on any atom is 0.252 e. The Morgan fingerprint density at radius 2 is 1.21 bits per heavy atom. The molecule has 0 spiro atoms. The van der Waals surface area contributed by atoms with Gasteiger partial charge in [0.2, 0.25) is 5.75 Å². The van der Waals surface area contributed by atoms with Crippen LogP contribution in [0.5, 0.6) is 17.2 Å². The maximum atomic E-state index is 13.1. The molecule has 0 heterocycles. The van der Waals surface area contributed by atoms with Crippen molar-refractivity contribution in [3.8, 4) is 17.2 Å². The van der Waals surface area contributed by atoms with Crippen LogP contribution >= 0.6 is 0 Å². The third-order valence-electron chi connectivity index (χ3n) is 4.47. The van der Waals surface area contributed by atoms with Crippen LogP contribution in [0.3, 0.4) is 0 Å². The first-order valence-corrected chi connectivity index (χ1v) is 8.88. The molecule has 1 N–H and O–H groups in total. The van der Waals surface area contributed by atoms with Crippen LogP contribution in [0.25, 0.3) is 0 Å². The smallest absolute Gasteiger partial charge is 0.252 e. The number of hydrogen-bond donors (Lipinski definition) is 1. The van der Waals surface area contributed by atoms with Gasteiger partial charge in [-0.3, -0.25) is 4.79 Å². The van der Waals surface area contributed by atoms with Gasteiger partial charge in [-0.05, 0) is 23.3 Å². The van der Waals surface area contributed by atoms with Crippen LogP contribution in [-0.4, -0.2) is 27.2 Å². The van der Waals surface area contributed by atoms with E-state index in [9.17, 15) is 4.79 Å². The Hall–Kier alpha value is -3.47. The van der Waals surface area contributed by atoms with Crippen molar-refractivity contribution in [2.75, 3.05) is 21.3 Å². The average molecular weight is 377 g/mol. The molecule has 0 aliphatic carbocycles. The fourth-order valence-electron chi connectivity index (χ4n) is 3.08. The summed E-state index contributed by atoms with van der Waals surface area (Å²) in [5, 5.41) is 3.12. The number of nitrogens with one attached hydrogen (secondary N) is 1. The van der Waals surface area contributed by atoms with Gasteiger partial charge in [-0.2, -0.15) is 0 Å². The highest BCUT2D eigenvalue weighted by molar-refractivity contribution is 5.96. The predicted octanol–water partition coefficient (Wildman–Crippen LogP) is 4.23. The SMILES string of the molecule is COc1cc(C(=O)NC(c2ccccc2)c2ccccc2)cc(OC)c1OC. The third-order valence-corrected chi connectivity index (χ3v) is 4.47. The number of benzene rings is 3. The highest BCUT2D eigenvalue weighted by atomic mass is 16.5. The van der Waals surface area contributed by atoms with Gasteiger partial charge in [0, 0.05) is 5.56 Å². The Bertz CT molecular complexity index is 861. The third kappa shape index (κ3) is 4.09. The fraction of sp³-hybridized carbons (Fsp3) is 0.174. The molecule has 3 rings (SSSR count). The van der Waals surface area contributed by atoms with Gasteiger partial charge in [0.25, 0.3) is 5.91 Å². The van der Waals surface area contributed by atoms with Gasteiger partial charge in [-0.15, -0.1) is 0 Å². The van der Waals surface area contributed by atoms with E-state index in [-0.39, 0.29) is 11.9 Å². The molecule has 144 valence electrons. The number of carbonyl (C=O) groups is 1. The van der Waals surface area contributed by atoms with Crippen LogP contribution in [0, 0.1) is 0 Å². The molecule has 0 aromatic heterocycles. The lowest BCUT2D eigenvalue weighted by atomic mass is 9.98. The molecule has 5 nitrogen and oxygen atoms in total. The highest BCUT2D eigenvalue weighted by Crippen LogP contribution is 2.38. The largest absolute Gasteiger partial charge is 0.493 e. The molecule has 0 saturated carbocycles. The van der Waals surface area contributed by atoms with Gasteiger partial charge in [-0.25, -0.2) is 0 Å². The van der Waals surface area contributed by atoms with E-state index in [0.717, 1.165) is 11.1 Å². The van der Waals surface area contributed by atoms with Crippen molar-refractivity contribution in [2.45, 2.75) is 6.04 Å². The summed E-state index contributed by atoms with van der Waals surface area (Å²) in [5.74, 6) is 1.08. The van der Waals surface area contributed by atoms with Gasteiger partial charge in [0.05, 0.1) is 27.4 Å². The predicted molar refractivity (Wildman–Crippen MR) is 108 cm³/mol. The Morgan fingerprint density at radius 3 is 1.61 bits per heavy atom. The normalized spacial score (nSPS) is 10.4. The number of ether oxygens (including phenoxy) is 3. The topological polar surface area (TPSA) is 56.8 Å². The first kappa shape index (κ1) is 19.3. The number of methoxy groups -OCH3 is 3. The monoisotopic (exact) mass is 377 g/mol. The van der Waals surface area contributed by atoms with E-state index < -0.39 is 0 Å². The van der Waals surface area contributed by atoms with Gasteiger partial charge in [0.1, 0.15) is 0 Å². The van der Waals surface area contributed by atoms with Crippen LogP contribution in [-0.2, 0) is 0 Å². The number of rotatable bonds is 7. The van der Waals surface area contributed by atoms with E-state index in [1.54, 1.807) is 12.1 Å². The second-order valence-corrected chi connectivity index (χ2v) is 6.14. The zero-order valence-corrected chi connectivity index (χ0v) is 16.1. The first-order valence-electron chi connectivity index (χ1n) is 8.88. The lowest BCUT2D eigenvalue weighted by Crippen LogP contribution is -2.29. The highest BCUT2D eigenvalue weighted by Gasteiger charge is 2.21. The summed E-state index contributed by atoms with van der Waals surface area (Å²) >= 11 is 0. The van der Waals surface area contributed by atoms with E-state index in [0.29, 0.717) is 22.8 Å². The first-order chi connectivity index (χ1) is 13.7. The molecule has 28 heavy (non-hydrogen) atoms. The second-order valence-electron chi connectivity index (χ2n) is 6.14. The molecule has 3 aromatic carbocycles. The molecule has 0 saturated heterocycles. The molecule has 0 bridgehead atoms. The molecule has 0 aliphatic rings. The molecule has 1 amide bonds. The maximum absolute atomic E-state index is 13.1. The van der Waals surface area contributed by atoms with Crippen LogP contribution < -0.4 is 19.5 Å². The molecular weight excluding hydrogens is 354 g/mol. The molecule has 0 unspecified atom stereocenters. The van der Waals surface area contributed by atoms with Crippen LogP contribution in [0.4, 0.5) is 0 Å². The van der Waals surface area contributed by atoms with Crippen LogP contribution in [0.1, 0.15) is 27.5 Å². The molecule has 0 fully saturated rings. The van der Waals surface area contributed by atoms with Crippen LogP contribution in [0.2, 0.25) is 0 Å². The van der Waals surface area contributed by atoms with E-state index in [1.165, 1.54) is 21.3 Å². The second kappa shape index (κ2) is 8.95. The minimum atomic E-state index is -0.283. The summed E-state index contributed by atoms with van der Waals surface area (Å²) < 4.78 is 16.0.